The Hall–Kier alpha value is -5.33. The lowest BCUT2D eigenvalue weighted by atomic mass is 9.82. The third-order valence-electron chi connectivity index (χ3n) is 8.64. The highest BCUT2D eigenvalue weighted by Gasteiger charge is 2.68. The van der Waals surface area contributed by atoms with Crippen LogP contribution >= 0.6 is 0 Å². The molecule has 0 radical (unpaired) electrons. The molecule has 13 heteroatoms. The van der Waals surface area contributed by atoms with Crippen molar-refractivity contribution < 1.29 is 33.4 Å². The second-order valence-electron chi connectivity index (χ2n) is 13.0. The van der Waals surface area contributed by atoms with E-state index in [-0.39, 0.29) is 17.6 Å². The van der Waals surface area contributed by atoms with Gasteiger partial charge in [0.1, 0.15) is 11.3 Å². The lowest BCUT2D eigenvalue weighted by Gasteiger charge is -2.27. The molecule has 3 aromatic rings. The number of hydrogen-bond acceptors (Lipinski definition) is 7. The SMILES string of the molecule is COC(=O)c1c(C)[nH]c2c1[C@@]13C[C@@H]1CN(C(=O)/C=C/c1cc(NC(=O)c4cc(NC(=O)OC(C)(C)C)cn4C)cn1C)C3=CC2=O. The molecule has 240 valence electrons. The molecule has 46 heavy (non-hydrogen) atoms. The summed E-state index contributed by atoms with van der Waals surface area (Å²) in [6.45, 7) is 7.46. The molecule has 4 heterocycles. The number of nitrogens with one attached hydrogen (secondary N) is 3. The van der Waals surface area contributed by atoms with Gasteiger partial charge in [-0.15, -0.1) is 0 Å². The van der Waals surface area contributed by atoms with Gasteiger partial charge in [0.25, 0.3) is 11.8 Å². The molecule has 2 atom stereocenters. The van der Waals surface area contributed by atoms with E-state index in [0.29, 0.717) is 57.5 Å². The van der Waals surface area contributed by atoms with E-state index in [0.717, 1.165) is 6.42 Å². The van der Waals surface area contributed by atoms with Crippen molar-refractivity contribution in [1.82, 2.24) is 19.0 Å². The first-order valence-corrected chi connectivity index (χ1v) is 14.8. The number of carbonyl (C=O) groups excluding carboxylic acids is 5. The minimum atomic E-state index is -0.659. The Morgan fingerprint density at radius 2 is 1.76 bits per heavy atom. The van der Waals surface area contributed by atoms with E-state index >= 15 is 0 Å². The van der Waals surface area contributed by atoms with Gasteiger partial charge in [-0.2, -0.15) is 0 Å². The number of aryl methyl sites for hydroxylation is 3. The molecule has 3 amide bonds. The summed E-state index contributed by atoms with van der Waals surface area (Å²) < 4.78 is 13.6. The van der Waals surface area contributed by atoms with Gasteiger partial charge < -0.3 is 33.8 Å². The number of likely N-dealkylation sites (tertiary alicyclic amines) is 1. The van der Waals surface area contributed by atoms with Crippen LogP contribution in [0.15, 0.2) is 42.4 Å². The summed E-state index contributed by atoms with van der Waals surface area (Å²) in [5.74, 6) is -1.38. The third kappa shape index (κ3) is 5.11. The zero-order chi connectivity index (χ0) is 33.3. The lowest BCUT2D eigenvalue weighted by molar-refractivity contribution is -0.123. The molecular weight excluding hydrogens is 592 g/mol. The van der Waals surface area contributed by atoms with Crippen LogP contribution in [-0.4, -0.2) is 67.9 Å². The number of allylic oxidation sites excluding steroid dienone is 2. The van der Waals surface area contributed by atoms with E-state index in [1.807, 2.05) is 0 Å². The first kappa shape index (κ1) is 30.7. The molecule has 2 aliphatic carbocycles. The number of nitrogens with zero attached hydrogens (tertiary/aromatic N) is 3. The molecule has 1 saturated heterocycles. The molecule has 0 aromatic carbocycles. The smallest absolute Gasteiger partial charge is 0.412 e. The molecule has 13 nitrogen and oxygen atoms in total. The summed E-state index contributed by atoms with van der Waals surface area (Å²) in [7, 11) is 4.79. The Morgan fingerprint density at radius 1 is 1.07 bits per heavy atom. The van der Waals surface area contributed by atoms with Crippen molar-refractivity contribution in [3.8, 4) is 0 Å². The summed E-state index contributed by atoms with van der Waals surface area (Å²) in [5, 5.41) is 5.48. The highest BCUT2D eigenvalue weighted by atomic mass is 16.6. The number of H-pyrrole nitrogens is 1. The number of aromatic nitrogens is 3. The van der Waals surface area contributed by atoms with Gasteiger partial charge in [0.05, 0.1) is 29.7 Å². The summed E-state index contributed by atoms with van der Waals surface area (Å²) in [6, 6.07) is 3.28. The normalized spacial score (nSPS) is 19.7. The monoisotopic (exact) mass is 628 g/mol. The summed E-state index contributed by atoms with van der Waals surface area (Å²) in [6.07, 6.45) is 8.05. The summed E-state index contributed by atoms with van der Waals surface area (Å²) in [5.41, 5.74) is 3.24. The summed E-state index contributed by atoms with van der Waals surface area (Å²) >= 11 is 0. The third-order valence-corrected chi connectivity index (χ3v) is 8.64. The van der Waals surface area contributed by atoms with Crippen molar-refractivity contribution in [3.05, 3.63) is 76.3 Å². The minimum Gasteiger partial charge on any atom is -0.465 e. The fourth-order valence-electron chi connectivity index (χ4n) is 6.62. The second kappa shape index (κ2) is 10.6. The van der Waals surface area contributed by atoms with Gasteiger partial charge in [0.15, 0.2) is 0 Å². The predicted molar refractivity (Wildman–Crippen MR) is 168 cm³/mol. The van der Waals surface area contributed by atoms with Crippen molar-refractivity contribution in [2.75, 3.05) is 24.3 Å². The number of aromatic amines is 1. The molecule has 3 aromatic heterocycles. The average Bonchev–Trinajstić information content (AvgIpc) is 3.26. The number of fused-ring (bicyclic) bond motifs is 1. The number of ketones is 1. The zero-order valence-electron chi connectivity index (χ0n) is 26.7. The molecule has 1 aliphatic heterocycles. The van der Waals surface area contributed by atoms with E-state index < -0.39 is 29.0 Å². The number of carbonyl (C=O) groups is 5. The molecule has 6 rings (SSSR count). The van der Waals surface area contributed by atoms with Gasteiger partial charge in [-0.1, -0.05) is 0 Å². The van der Waals surface area contributed by atoms with Gasteiger partial charge in [0, 0.05) is 73.2 Å². The highest BCUT2D eigenvalue weighted by Crippen LogP contribution is 2.67. The average molecular weight is 629 g/mol. The van der Waals surface area contributed by atoms with E-state index in [9.17, 15) is 24.0 Å². The predicted octanol–water partition coefficient (Wildman–Crippen LogP) is 4.28. The van der Waals surface area contributed by atoms with Gasteiger partial charge >= 0.3 is 12.1 Å². The summed E-state index contributed by atoms with van der Waals surface area (Å²) in [4.78, 5) is 69.1. The molecule has 2 fully saturated rings. The van der Waals surface area contributed by atoms with Gasteiger partial charge in [-0.05, 0) is 58.2 Å². The van der Waals surface area contributed by atoms with Gasteiger partial charge in [0.2, 0.25) is 5.78 Å². The van der Waals surface area contributed by atoms with E-state index in [1.54, 1.807) is 86.4 Å². The molecule has 0 unspecified atom stereocenters. The fraction of sp³-hybridized carbons (Fsp3) is 0.364. The molecule has 3 aliphatic rings. The van der Waals surface area contributed by atoms with Gasteiger partial charge in [-0.25, -0.2) is 9.59 Å². The lowest BCUT2D eigenvalue weighted by Crippen LogP contribution is -2.33. The maximum atomic E-state index is 13.5. The van der Waals surface area contributed by atoms with Crippen molar-refractivity contribution in [2.45, 2.75) is 45.1 Å². The Morgan fingerprint density at radius 3 is 2.46 bits per heavy atom. The van der Waals surface area contributed by atoms with E-state index in [4.69, 9.17) is 9.47 Å². The molecule has 3 N–H and O–H groups in total. The van der Waals surface area contributed by atoms with Crippen LogP contribution in [0.4, 0.5) is 16.2 Å². The number of amides is 3. The molecule has 1 spiro atoms. The number of esters is 1. The van der Waals surface area contributed by atoms with Crippen LogP contribution in [0.25, 0.3) is 6.08 Å². The minimum absolute atomic E-state index is 0.0933. The Kier molecular flexibility index (Phi) is 7.10. The first-order chi connectivity index (χ1) is 21.6. The van der Waals surface area contributed by atoms with Crippen molar-refractivity contribution in [2.24, 2.45) is 20.0 Å². The van der Waals surface area contributed by atoms with Crippen molar-refractivity contribution in [1.29, 1.82) is 0 Å². The van der Waals surface area contributed by atoms with E-state index in [2.05, 4.69) is 15.6 Å². The molecule has 0 bridgehead atoms. The first-order valence-electron chi connectivity index (χ1n) is 14.8. The van der Waals surface area contributed by atoms with Crippen LogP contribution in [0.2, 0.25) is 0 Å². The number of anilines is 2. The highest BCUT2D eigenvalue weighted by molar-refractivity contribution is 6.11. The molecule has 1 saturated carbocycles. The van der Waals surface area contributed by atoms with Crippen molar-refractivity contribution in [3.63, 3.8) is 0 Å². The van der Waals surface area contributed by atoms with E-state index in [1.165, 1.54) is 19.3 Å². The van der Waals surface area contributed by atoms with Gasteiger partial charge in [-0.3, -0.25) is 19.7 Å². The number of hydrogen-bond donors (Lipinski definition) is 3. The van der Waals surface area contributed by atoms with Crippen LogP contribution in [0.1, 0.15) is 75.5 Å². The van der Waals surface area contributed by atoms with Crippen LogP contribution in [0.5, 0.6) is 0 Å². The second-order valence-corrected chi connectivity index (χ2v) is 13.0. The zero-order valence-corrected chi connectivity index (χ0v) is 26.7. The van der Waals surface area contributed by atoms with Crippen LogP contribution < -0.4 is 10.6 Å². The van der Waals surface area contributed by atoms with Crippen LogP contribution in [0.3, 0.4) is 0 Å². The Labute approximate surface area is 265 Å². The molecular formula is C33H36N6O7. The number of methoxy groups -OCH3 is 1. The maximum absolute atomic E-state index is 13.5. The fourth-order valence-corrected chi connectivity index (χ4v) is 6.62. The number of ether oxygens (including phenoxy) is 2. The number of piperidine rings is 1. The maximum Gasteiger partial charge on any atom is 0.412 e. The quantitative estimate of drug-likeness (QED) is 0.272. The standard InChI is InChI=1S/C33H36N6O7/c1-17-26(30(43)45-7)27-28(34-17)23(40)12-24-33(27)13-18(33)14-39(24)25(41)9-8-21-10-19(15-37(21)5)35-29(42)22-11-20(16-38(22)6)36-31(44)46-32(2,3)4/h8-12,15-16,18,34H,13-14H2,1-7H3,(H,35,42)(H,36,44)/b9-8+/t18-,33+/m1/s1. The van der Waals surface area contributed by atoms with Crippen molar-refractivity contribution >= 4 is 47.1 Å². The van der Waals surface area contributed by atoms with Crippen LogP contribution in [-0.2, 0) is 33.8 Å². The topological polar surface area (TPSA) is 157 Å². The van der Waals surface area contributed by atoms with Crippen LogP contribution in [0, 0.1) is 12.8 Å². The number of rotatable bonds is 6. The Balaban J connectivity index is 1.15. The Bertz CT molecular complexity index is 1900. The largest absolute Gasteiger partial charge is 0.465 e.